The Balaban J connectivity index is 2.67. The quantitative estimate of drug-likeness (QED) is 0.846. The number of phenols is 1. The topological polar surface area (TPSA) is 77.0 Å². The zero-order valence-electron chi connectivity index (χ0n) is 10.9. The highest BCUT2D eigenvalue weighted by molar-refractivity contribution is 5.54. The summed E-state index contributed by atoms with van der Waals surface area (Å²) in [6, 6.07) is 3.74. The third-order valence-corrected chi connectivity index (χ3v) is 2.83. The lowest BCUT2D eigenvalue weighted by Gasteiger charge is -2.22. The summed E-state index contributed by atoms with van der Waals surface area (Å²) in [6.45, 7) is 6.55. The third kappa shape index (κ3) is 2.22. The van der Waals surface area contributed by atoms with Gasteiger partial charge in [0.15, 0.2) is 0 Å². The lowest BCUT2D eigenvalue weighted by Crippen LogP contribution is -2.14. The van der Waals surface area contributed by atoms with E-state index >= 15 is 0 Å². The highest BCUT2D eigenvalue weighted by Crippen LogP contribution is 2.35. The molecule has 0 fully saturated rings. The van der Waals surface area contributed by atoms with Crippen LogP contribution in [-0.4, -0.2) is 20.1 Å². The number of benzene rings is 1. The minimum atomic E-state index is -0.169. The van der Waals surface area contributed by atoms with Crippen molar-refractivity contribution in [3.05, 3.63) is 35.7 Å². The monoisotopic (exact) mass is 246 g/mol. The molecule has 0 atom stereocenters. The first kappa shape index (κ1) is 12.6. The van der Waals surface area contributed by atoms with E-state index in [0.717, 1.165) is 11.1 Å². The lowest BCUT2D eigenvalue weighted by molar-refractivity contribution is 0.439. The van der Waals surface area contributed by atoms with Crippen molar-refractivity contribution in [1.82, 2.24) is 15.0 Å². The van der Waals surface area contributed by atoms with E-state index in [-0.39, 0.29) is 11.2 Å². The Hall–Kier alpha value is -1.88. The van der Waals surface area contributed by atoms with Gasteiger partial charge in [-0.15, -0.1) is 4.80 Å². The summed E-state index contributed by atoms with van der Waals surface area (Å²) in [5, 5.41) is 18.5. The van der Waals surface area contributed by atoms with Crippen molar-refractivity contribution < 1.29 is 5.11 Å². The Morgan fingerprint density at radius 3 is 2.33 bits per heavy atom. The lowest BCUT2D eigenvalue weighted by atomic mass is 9.85. The molecule has 0 saturated heterocycles. The number of phenolic OH excluding ortho intramolecular Hbond substituents is 1. The fourth-order valence-corrected chi connectivity index (χ4v) is 1.86. The van der Waals surface area contributed by atoms with Gasteiger partial charge < -0.3 is 10.8 Å². The van der Waals surface area contributed by atoms with Crippen LogP contribution in [0.5, 0.6) is 5.75 Å². The number of rotatable bonds is 2. The van der Waals surface area contributed by atoms with Crippen LogP contribution in [0.25, 0.3) is 5.69 Å². The molecule has 2 rings (SSSR count). The molecule has 0 bridgehead atoms. The van der Waals surface area contributed by atoms with Gasteiger partial charge in [-0.1, -0.05) is 26.8 Å². The molecule has 1 aromatic carbocycles. The van der Waals surface area contributed by atoms with Crippen molar-refractivity contribution in [3.8, 4) is 11.4 Å². The molecule has 1 aromatic heterocycles. The van der Waals surface area contributed by atoms with Crippen LogP contribution in [0.4, 0.5) is 0 Å². The predicted octanol–water partition coefficient (Wildman–Crippen LogP) is 1.73. The molecule has 0 amide bonds. The molecule has 96 valence electrons. The van der Waals surface area contributed by atoms with E-state index in [1.807, 2.05) is 32.9 Å². The molecule has 5 heteroatoms. The van der Waals surface area contributed by atoms with Gasteiger partial charge in [0.2, 0.25) is 0 Å². The summed E-state index contributed by atoms with van der Waals surface area (Å²) >= 11 is 0. The van der Waals surface area contributed by atoms with Crippen molar-refractivity contribution in [2.45, 2.75) is 32.7 Å². The number of nitrogens with zero attached hydrogens (tertiary/aromatic N) is 3. The zero-order chi connectivity index (χ0) is 13.3. The Morgan fingerprint density at radius 1 is 1.22 bits per heavy atom. The van der Waals surface area contributed by atoms with Gasteiger partial charge >= 0.3 is 0 Å². The van der Waals surface area contributed by atoms with Crippen molar-refractivity contribution in [2.24, 2.45) is 5.73 Å². The van der Waals surface area contributed by atoms with E-state index < -0.39 is 0 Å². The molecule has 2 aromatic rings. The van der Waals surface area contributed by atoms with Crippen molar-refractivity contribution in [3.63, 3.8) is 0 Å². The Labute approximate surface area is 106 Å². The molecule has 0 spiro atoms. The highest BCUT2D eigenvalue weighted by Gasteiger charge is 2.22. The molecule has 5 nitrogen and oxygen atoms in total. The summed E-state index contributed by atoms with van der Waals surface area (Å²) < 4.78 is 0. The normalized spacial score (nSPS) is 11.8. The highest BCUT2D eigenvalue weighted by atomic mass is 16.3. The molecule has 18 heavy (non-hydrogen) atoms. The molecule has 1 heterocycles. The molecule has 0 aliphatic carbocycles. The summed E-state index contributed by atoms with van der Waals surface area (Å²) in [7, 11) is 0. The number of aromatic hydroxyl groups is 1. The molecular formula is C13H18N4O. The molecule has 0 unspecified atom stereocenters. The molecule has 0 aliphatic heterocycles. The van der Waals surface area contributed by atoms with E-state index in [0.29, 0.717) is 12.2 Å². The maximum Gasteiger partial charge on any atom is 0.146 e. The van der Waals surface area contributed by atoms with Gasteiger partial charge in [-0.3, -0.25) is 0 Å². The second kappa shape index (κ2) is 4.42. The summed E-state index contributed by atoms with van der Waals surface area (Å²) in [6.07, 6.45) is 3.15. The van der Waals surface area contributed by atoms with Crippen LogP contribution in [0.15, 0.2) is 24.5 Å². The van der Waals surface area contributed by atoms with Gasteiger partial charge in [0.1, 0.15) is 11.4 Å². The van der Waals surface area contributed by atoms with E-state index in [1.54, 1.807) is 12.4 Å². The standard InChI is InChI=1S/C13H18N4O/c1-13(2,3)10-6-9(8-14)7-11(12(10)18)17-15-4-5-16-17/h4-7,18H,8,14H2,1-3H3. The van der Waals surface area contributed by atoms with Gasteiger partial charge in [0, 0.05) is 12.1 Å². The zero-order valence-corrected chi connectivity index (χ0v) is 10.9. The average Bonchev–Trinajstić information content (AvgIpc) is 2.81. The Bertz CT molecular complexity index is 541. The van der Waals surface area contributed by atoms with Crippen LogP contribution in [0.1, 0.15) is 31.9 Å². The third-order valence-electron chi connectivity index (χ3n) is 2.83. The largest absolute Gasteiger partial charge is 0.505 e. The van der Waals surface area contributed by atoms with Gasteiger partial charge in [-0.2, -0.15) is 10.2 Å². The number of nitrogens with two attached hydrogens (primary N) is 1. The minimum Gasteiger partial charge on any atom is -0.505 e. The van der Waals surface area contributed by atoms with E-state index in [1.165, 1.54) is 4.80 Å². The first-order valence-electron chi connectivity index (χ1n) is 5.86. The Morgan fingerprint density at radius 2 is 1.83 bits per heavy atom. The van der Waals surface area contributed by atoms with Crippen LogP contribution < -0.4 is 5.73 Å². The molecule has 0 saturated carbocycles. The first-order valence-corrected chi connectivity index (χ1v) is 5.86. The van der Waals surface area contributed by atoms with Gasteiger partial charge in [0.05, 0.1) is 12.4 Å². The second-order valence-electron chi connectivity index (χ2n) is 5.28. The summed E-state index contributed by atoms with van der Waals surface area (Å²) in [5.74, 6) is 0.205. The fourth-order valence-electron chi connectivity index (χ4n) is 1.86. The van der Waals surface area contributed by atoms with Crippen molar-refractivity contribution >= 4 is 0 Å². The minimum absolute atomic E-state index is 0.169. The maximum absolute atomic E-state index is 10.4. The summed E-state index contributed by atoms with van der Waals surface area (Å²) in [5.41, 5.74) is 7.89. The van der Waals surface area contributed by atoms with Crippen LogP contribution >= 0.6 is 0 Å². The predicted molar refractivity (Wildman–Crippen MR) is 69.6 cm³/mol. The molecular weight excluding hydrogens is 228 g/mol. The van der Waals surface area contributed by atoms with Gasteiger partial charge in [-0.25, -0.2) is 0 Å². The molecule has 0 radical (unpaired) electrons. The second-order valence-corrected chi connectivity index (χ2v) is 5.28. The molecule has 3 N–H and O–H groups in total. The number of hydrogen-bond acceptors (Lipinski definition) is 4. The smallest absolute Gasteiger partial charge is 0.146 e. The average molecular weight is 246 g/mol. The maximum atomic E-state index is 10.4. The van der Waals surface area contributed by atoms with Gasteiger partial charge in [-0.05, 0) is 17.0 Å². The first-order chi connectivity index (χ1) is 8.43. The van der Waals surface area contributed by atoms with Crippen LogP contribution in [0.3, 0.4) is 0 Å². The van der Waals surface area contributed by atoms with Gasteiger partial charge in [0.25, 0.3) is 0 Å². The van der Waals surface area contributed by atoms with Crippen LogP contribution in [0.2, 0.25) is 0 Å². The van der Waals surface area contributed by atoms with Crippen molar-refractivity contribution in [1.29, 1.82) is 0 Å². The summed E-state index contributed by atoms with van der Waals surface area (Å²) in [4.78, 5) is 1.41. The van der Waals surface area contributed by atoms with Crippen LogP contribution in [0, 0.1) is 0 Å². The number of aromatic nitrogens is 3. The number of hydrogen-bond donors (Lipinski definition) is 2. The Kier molecular flexibility index (Phi) is 3.09. The van der Waals surface area contributed by atoms with E-state index in [4.69, 9.17) is 5.73 Å². The van der Waals surface area contributed by atoms with Crippen LogP contribution in [-0.2, 0) is 12.0 Å². The van der Waals surface area contributed by atoms with Crippen molar-refractivity contribution in [2.75, 3.05) is 0 Å². The SMILES string of the molecule is CC(C)(C)c1cc(CN)cc(-n2nccn2)c1O. The van der Waals surface area contributed by atoms with E-state index in [9.17, 15) is 5.11 Å². The van der Waals surface area contributed by atoms with E-state index in [2.05, 4.69) is 10.2 Å². The fraction of sp³-hybridized carbons (Fsp3) is 0.385. The molecule has 0 aliphatic rings.